The van der Waals surface area contributed by atoms with Gasteiger partial charge in [-0.2, -0.15) is 0 Å². The highest BCUT2D eigenvalue weighted by molar-refractivity contribution is 6.71. The van der Waals surface area contributed by atoms with Gasteiger partial charge < -0.3 is 4.43 Å². The molecule has 0 amide bonds. The summed E-state index contributed by atoms with van der Waals surface area (Å²) in [7, 11) is -1.73. The van der Waals surface area contributed by atoms with Crippen molar-refractivity contribution in [3.63, 3.8) is 0 Å². The molecule has 0 radical (unpaired) electrons. The lowest BCUT2D eigenvalue weighted by Gasteiger charge is -2.34. The number of hydrogen-bond acceptors (Lipinski definition) is 2. The molecule has 0 aromatic carbocycles. The molecule has 0 spiro atoms. The Balaban J connectivity index is 4.65. The van der Waals surface area contributed by atoms with Crippen molar-refractivity contribution in [3.8, 4) is 0 Å². The lowest BCUT2D eigenvalue weighted by atomic mass is 9.96. The minimum atomic E-state index is -1.73. The number of rotatable bonds is 5. The van der Waals surface area contributed by atoms with Crippen LogP contribution in [0.3, 0.4) is 0 Å². The highest BCUT2D eigenvalue weighted by atomic mass is 35.5. The maximum atomic E-state index is 11.3. The smallest absolute Gasteiger partial charge is 0.252 e. The zero-order chi connectivity index (χ0) is 11.6. The number of carbonyl (C=O) groups is 1. The highest BCUT2D eigenvalue weighted by Gasteiger charge is 2.37. The molecule has 0 saturated carbocycles. The van der Waals surface area contributed by atoms with E-state index in [0.29, 0.717) is 12.3 Å². The molecule has 0 aliphatic rings. The van der Waals surface area contributed by atoms with Crippen molar-refractivity contribution in [2.75, 3.05) is 0 Å². The second-order valence-corrected chi connectivity index (χ2v) is 10.1. The van der Waals surface area contributed by atoms with Gasteiger partial charge in [0.1, 0.15) is 5.60 Å². The summed E-state index contributed by atoms with van der Waals surface area (Å²) in [4.78, 5) is 11.3. The van der Waals surface area contributed by atoms with Crippen molar-refractivity contribution in [1.29, 1.82) is 0 Å². The van der Waals surface area contributed by atoms with Crippen LogP contribution in [0.1, 0.15) is 27.2 Å². The van der Waals surface area contributed by atoms with Gasteiger partial charge in [0, 0.05) is 0 Å². The van der Waals surface area contributed by atoms with Crippen molar-refractivity contribution < 1.29 is 9.22 Å². The van der Waals surface area contributed by atoms with Gasteiger partial charge in [0.25, 0.3) is 5.24 Å². The molecule has 0 saturated heterocycles. The Morgan fingerprint density at radius 2 is 1.86 bits per heavy atom. The molecule has 0 aliphatic heterocycles. The van der Waals surface area contributed by atoms with Gasteiger partial charge in [-0.3, -0.25) is 4.79 Å². The summed E-state index contributed by atoms with van der Waals surface area (Å²) in [5, 5.41) is -0.381. The zero-order valence-electron chi connectivity index (χ0n) is 9.98. The van der Waals surface area contributed by atoms with E-state index < -0.39 is 13.9 Å². The van der Waals surface area contributed by atoms with Crippen LogP contribution in [0.15, 0.2) is 0 Å². The molecule has 84 valence electrons. The fraction of sp³-hybridized carbons (Fsp3) is 0.900. The summed E-state index contributed by atoms with van der Waals surface area (Å²) in [6.07, 6.45) is 0.680. The lowest BCUT2D eigenvalue weighted by molar-refractivity contribution is -0.126. The third-order valence-electron chi connectivity index (χ3n) is 1.74. The summed E-state index contributed by atoms with van der Waals surface area (Å²) >= 11 is 5.59. The minimum absolute atomic E-state index is 0.381. The van der Waals surface area contributed by atoms with E-state index in [4.69, 9.17) is 16.0 Å². The lowest BCUT2D eigenvalue weighted by Crippen LogP contribution is -2.45. The van der Waals surface area contributed by atoms with Crippen molar-refractivity contribution in [2.45, 2.75) is 52.4 Å². The molecule has 0 unspecified atom stereocenters. The summed E-state index contributed by atoms with van der Waals surface area (Å²) < 4.78 is 5.85. The molecule has 0 fully saturated rings. The van der Waals surface area contributed by atoms with Crippen LogP contribution >= 0.6 is 11.6 Å². The molecule has 0 aliphatic carbocycles. The van der Waals surface area contributed by atoms with Crippen LogP contribution in [-0.4, -0.2) is 19.2 Å². The van der Waals surface area contributed by atoms with Gasteiger partial charge in [-0.05, 0) is 50.5 Å². The molecular formula is C10H21ClO2Si. The number of carbonyl (C=O) groups excluding carboxylic acids is 1. The Morgan fingerprint density at radius 1 is 1.43 bits per heavy atom. The second kappa shape index (κ2) is 4.77. The second-order valence-electron chi connectivity index (χ2n) is 5.32. The molecular weight excluding hydrogens is 216 g/mol. The average Bonchev–Trinajstić information content (AvgIpc) is 1.79. The third kappa shape index (κ3) is 5.13. The highest BCUT2D eigenvalue weighted by Crippen LogP contribution is 2.27. The summed E-state index contributed by atoms with van der Waals surface area (Å²) in [6.45, 7) is 12.1. The van der Waals surface area contributed by atoms with Gasteiger partial charge in [0.2, 0.25) is 0 Å². The molecule has 2 nitrogen and oxygen atoms in total. The van der Waals surface area contributed by atoms with Crippen molar-refractivity contribution in [1.82, 2.24) is 0 Å². The van der Waals surface area contributed by atoms with Crippen LogP contribution in [-0.2, 0) is 9.22 Å². The Morgan fingerprint density at radius 3 is 2.07 bits per heavy atom. The molecule has 0 heterocycles. The standard InChI is InChI=1S/C10H21ClO2Si/c1-8(2)7-10(3,9(11)12)13-14(4,5)6/h8H,7H2,1-6H3/t10-/m0/s1. The normalized spacial score (nSPS) is 16.9. The van der Waals surface area contributed by atoms with E-state index >= 15 is 0 Å². The zero-order valence-corrected chi connectivity index (χ0v) is 11.7. The minimum Gasteiger partial charge on any atom is -0.404 e. The van der Waals surface area contributed by atoms with Gasteiger partial charge in [0.05, 0.1) is 0 Å². The van der Waals surface area contributed by atoms with E-state index in [9.17, 15) is 4.79 Å². The van der Waals surface area contributed by atoms with Gasteiger partial charge in [0.15, 0.2) is 8.32 Å². The van der Waals surface area contributed by atoms with Crippen molar-refractivity contribution in [3.05, 3.63) is 0 Å². The first-order valence-corrected chi connectivity index (χ1v) is 8.75. The Hall–Kier alpha value is 0.137. The van der Waals surface area contributed by atoms with Gasteiger partial charge in [-0.1, -0.05) is 13.8 Å². The van der Waals surface area contributed by atoms with E-state index in [2.05, 4.69) is 33.5 Å². The Labute approximate surface area is 93.1 Å². The fourth-order valence-corrected chi connectivity index (χ4v) is 3.32. The molecule has 0 aromatic heterocycles. The first-order chi connectivity index (χ1) is 6.07. The monoisotopic (exact) mass is 236 g/mol. The third-order valence-corrected chi connectivity index (χ3v) is 3.21. The quantitative estimate of drug-likeness (QED) is 0.540. The number of halogens is 1. The van der Waals surface area contributed by atoms with Crippen LogP contribution < -0.4 is 0 Å². The van der Waals surface area contributed by atoms with Crippen LogP contribution in [0.25, 0.3) is 0 Å². The maximum Gasteiger partial charge on any atom is 0.252 e. The largest absolute Gasteiger partial charge is 0.404 e. The Kier molecular flexibility index (Phi) is 4.82. The van der Waals surface area contributed by atoms with Crippen molar-refractivity contribution in [2.24, 2.45) is 5.92 Å². The molecule has 0 rings (SSSR count). The maximum absolute atomic E-state index is 11.3. The van der Waals surface area contributed by atoms with E-state index in [1.807, 2.05) is 0 Å². The van der Waals surface area contributed by atoms with E-state index in [1.165, 1.54) is 0 Å². The van der Waals surface area contributed by atoms with Gasteiger partial charge in [-0.25, -0.2) is 0 Å². The molecule has 0 aromatic rings. The van der Waals surface area contributed by atoms with Gasteiger partial charge >= 0.3 is 0 Å². The topological polar surface area (TPSA) is 26.3 Å². The summed E-state index contributed by atoms with van der Waals surface area (Å²) in [5.74, 6) is 0.402. The Bertz CT molecular complexity index is 211. The number of hydrogen-bond donors (Lipinski definition) is 0. The van der Waals surface area contributed by atoms with Gasteiger partial charge in [-0.15, -0.1) is 0 Å². The average molecular weight is 237 g/mol. The molecule has 0 N–H and O–H groups in total. The SMILES string of the molecule is CC(C)C[C@](C)(O[Si](C)(C)C)C(=O)Cl. The predicted molar refractivity (Wildman–Crippen MR) is 63.2 cm³/mol. The van der Waals surface area contributed by atoms with Crippen molar-refractivity contribution >= 4 is 25.2 Å². The summed E-state index contributed by atoms with van der Waals surface area (Å²) in [5.41, 5.74) is -0.805. The molecule has 14 heavy (non-hydrogen) atoms. The van der Waals surface area contributed by atoms with E-state index in [-0.39, 0.29) is 5.24 Å². The van der Waals surface area contributed by atoms with Crippen LogP contribution in [0.2, 0.25) is 19.6 Å². The van der Waals surface area contributed by atoms with E-state index in [1.54, 1.807) is 6.92 Å². The molecule has 4 heteroatoms. The van der Waals surface area contributed by atoms with E-state index in [0.717, 1.165) is 0 Å². The molecule has 0 bridgehead atoms. The van der Waals surface area contributed by atoms with Crippen LogP contribution in [0.4, 0.5) is 0 Å². The fourth-order valence-electron chi connectivity index (χ4n) is 1.62. The predicted octanol–water partition coefficient (Wildman–Crippen LogP) is 3.41. The molecule has 1 atom stereocenters. The van der Waals surface area contributed by atoms with Crippen LogP contribution in [0.5, 0.6) is 0 Å². The van der Waals surface area contributed by atoms with Crippen LogP contribution in [0, 0.1) is 5.92 Å². The first-order valence-electron chi connectivity index (χ1n) is 4.97. The summed E-state index contributed by atoms with van der Waals surface area (Å²) in [6, 6.07) is 0. The first kappa shape index (κ1) is 14.1.